The van der Waals surface area contributed by atoms with Crippen LogP contribution in [0.1, 0.15) is 11.4 Å². The van der Waals surface area contributed by atoms with Crippen molar-refractivity contribution in [3.63, 3.8) is 0 Å². The molecule has 88 valence electrons. The van der Waals surface area contributed by atoms with Crippen LogP contribution in [0.2, 0.25) is 5.15 Å². The Balaban J connectivity index is 2.40. The maximum atomic E-state index is 11.5. The van der Waals surface area contributed by atoms with Crippen molar-refractivity contribution in [3.05, 3.63) is 55.8 Å². The SMILES string of the molecule is Cc1cnc(Cn2c(=O)cc(Cl)[nH]c2=O)cn1. The Morgan fingerprint density at radius 1 is 1.35 bits per heavy atom. The maximum absolute atomic E-state index is 11.5. The van der Waals surface area contributed by atoms with Crippen LogP contribution in [0.5, 0.6) is 0 Å². The first-order valence-corrected chi connectivity index (χ1v) is 5.21. The molecule has 0 aromatic carbocycles. The second-order valence-electron chi connectivity index (χ2n) is 3.50. The van der Waals surface area contributed by atoms with E-state index in [0.29, 0.717) is 5.69 Å². The Morgan fingerprint density at radius 3 is 2.71 bits per heavy atom. The van der Waals surface area contributed by atoms with Crippen molar-refractivity contribution in [2.45, 2.75) is 13.5 Å². The molecule has 0 saturated heterocycles. The zero-order chi connectivity index (χ0) is 12.4. The smallest absolute Gasteiger partial charge is 0.298 e. The number of H-pyrrole nitrogens is 1. The molecule has 1 N–H and O–H groups in total. The summed E-state index contributed by atoms with van der Waals surface area (Å²) in [6.07, 6.45) is 3.10. The average molecular weight is 253 g/mol. The highest BCUT2D eigenvalue weighted by Gasteiger charge is 2.05. The van der Waals surface area contributed by atoms with Crippen molar-refractivity contribution < 1.29 is 0 Å². The molecule has 7 heteroatoms. The minimum Gasteiger partial charge on any atom is -0.298 e. The number of hydrogen-bond acceptors (Lipinski definition) is 4. The lowest BCUT2D eigenvalue weighted by Gasteiger charge is -2.03. The molecule has 0 amide bonds. The van der Waals surface area contributed by atoms with E-state index in [4.69, 9.17) is 11.6 Å². The summed E-state index contributed by atoms with van der Waals surface area (Å²) in [5.41, 5.74) is 0.266. The Hall–Kier alpha value is -1.95. The van der Waals surface area contributed by atoms with Crippen molar-refractivity contribution in [1.29, 1.82) is 0 Å². The largest absolute Gasteiger partial charge is 0.329 e. The molecule has 0 atom stereocenters. The Morgan fingerprint density at radius 2 is 2.12 bits per heavy atom. The lowest BCUT2D eigenvalue weighted by Crippen LogP contribution is -2.35. The number of hydrogen-bond donors (Lipinski definition) is 1. The van der Waals surface area contributed by atoms with E-state index < -0.39 is 11.2 Å². The third-order valence-electron chi connectivity index (χ3n) is 2.14. The van der Waals surface area contributed by atoms with Gasteiger partial charge in [0.1, 0.15) is 5.15 Å². The van der Waals surface area contributed by atoms with Gasteiger partial charge in [0.05, 0.1) is 24.1 Å². The Kier molecular flexibility index (Phi) is 3.06. The van der Waals surface area contributed by atoms with Gasteiger partial charge >= 0.3 is 5.69 Å². The number of aromatic amines is 1. The standard InChI is InChI=1S/C10H9ClN4O2/c1-6-3-13-7(4-12-6)5-15-9(16)2-8(11)14-10(15)17/h2-4H,5H2,1H3,(H,14,17). The molecule has 0 aliphatic rings. The third kappa shape index (κ3) is 2.59. The first-order chi connectivity index (χ1) is 8.06. The van der Waals surface area contributed by atoms with E-state index in [1.807, 2.05) is 0 Å². The molecule has 0 saturated carbocycles. The van der Waals surface area contributed by atoms with Crippen LogP contribution >= 0.6 is 11.6 Å². The first-order valence-electron chi connectivity index (χ1n) is 4.83. The minimum atomic E-state index is -0.565. The van der Waals surface area contributed by atoms with E-state index in [0.717, 1.165) is 16.3 Å². The van der Waals surface area contributed by atoms with Gasteiger partial charge in [-0.1, -0.05) is 11.6 Å². The van der Waals surface area contributed by atoms with Crippen molar-refractivity contribution in [1.82, 2.24) is 19.5 Å². The van der Waals surface area contributed by atoms with Crippen molar-refractivity contribution in [2.75, 3.05) is 0 Å². The monoisotopic (exact) mass is 252 g/mol. The molecule has 2 rings (SSSR count). The van der Waals surface area contributed by atoms with Gasteiger partial charge in [-0.3, -0.25) is 24.3 Å². The zero-order valence-corrected chi connectivity index (χ0v) is 9.73. The topological polar surface area (TPSA) is 80.6 Å². The maximum Gasteiger partial charge on any atom is 0.329 e. The van der Waals surface area contributed by atoms with Gasteiger partial charge in [0.25, 0.3) is 5.56 Å². The summed E-state index contributed by atoms with van der Waals surface area (Å²) in [4.78, 5) is 33.5. The van der Waals surface area contributed by atoms with Crippen LogP contribution < -0.4 is 11.2 Å². The van der Waals surface area contributed by atoms with Crippen LogP contribution in [0.15, 0.2) is 28.0 Å². The molecule has 6 nitrogen and oxygen atoms in total. The third-order valence-corrected chi connectivity index (χ3v) is 2.35. The summed E-state index contributed by atoms with van der Waals surface area (Å²) in [7, 11) is 0. The predicted octanol–water partition coefficient (Wildman–Crippen LogP) is 0.337. The highest BCUT2D eigenvalue weighted by atomic mass is 35.5. The summed E-state index contributed by atoms with van der Waals surface area (Å²) in [6.45, 7) is 1.87. The van der Waals surface area contributed by atoms with E-state index >= 15 is 0 Å². The van der Waals surface area contributed by atoms with E-state index in [1.165, 1.54) is 6.20 Å². The summed E-state index contributed by atoms with van der Waals surface area (Å²) < 4.78 is 1.01. The number of rotatable bonds is 2. The fraction of sp³-hybridized carbons (Fsp3) is 0.200. The fourth-order valence-corrected chi connectivity index (χ4v) is 1.48. The molecule has 17 heavy (non-hydrogen) atoms. The fourth-order valence-electron chi connectivity index (χ4n) is 1.30. The Labute approximate surface area is 101 Å². The van der Waals surface area contributed by atoms with Gasteiger partial charge in [-0.25, -0.2) is 4.79 Å². The van der Waals surface area contributed by atoms with Crippen molar-refractivity contribution in [2.24, 2.45) is 0 Å². The molecule has 0 radical (unpaired) electrons. The van der Waals surface area contributed by atoms with E-state index in [9.17, 15) is 9.59 Å². The number of aromatic nitrogens is 4. The second kappa shape index (κ2) is 4.50. The van der Waals surface area contributed by atoms with Gasteiger partial charge in [0, 0.05) is 12.3 Å². The number of nitrogens with one attached hydrogen (secondary N) is 1. The van der Waals surface area contributed by atoms with Crippen LogP contribution in [0.4, 0.5) is 0 Å². The van der Waals surface area contributed by atoms with Gasteiger partial charge in [0.15, 0.2) is 0 Å². The summed E-state index contributed by atoms with van der Waals surface area (Å²) in [6, 6.07) is 1.14. The van der Waals surface area contributed by atoms with E-state index in [1.54, 1.807) is 13.1 Å². The summed E-state index contributed by atoms with van der Waals surface area (Å²) >= 11 is 5.55. The number of nitrogens with zero attached hydrogens (tertiary/aromatic N) is 3. The lowest BCUT2D eigenvalue weighted by atomic mass is 10.4. The molecule has 0 fully saturated rings. The molecule has 0 aliphatic heterocycles. The minimum absolute atomic E-state index is 0.0197. The molecule has 0 bridgehead atoms. The molecular formula is C10H9ClN4O2. The predicted molar refractivity (Wildman–Crippen MR) is 62.2 cm³/mol. The molecule has 0 spiro atoms. The first kappa shape index (κ1) is 11.5. The van der Waals surface area contributed by atoms with Crippen LogP contribution in [0.25, 0.3) is 0 Å². The van der Waals surface area contributed by atoms with Gasteiger partial charge < -0.3 is 0 Å². The van der Waals surface area contributed by atoms with Crippen LogP contribution in [-0.4, -0.2) is 19.5 Å². The number of halogens is 1. The van der Waals surface area contributed by atoms with Crippen LogP contribution in [-0.2, 0) is 6.54 Å². The van der Waals surface area contributed by atoms with Crippen molar-refractivity contribution >= 4 is 11.6 Å². The van der Waals surface area contributed by atoms with Crippen LogP contribution in [0, 0.1) is 6.92 Å². The van der Waals surface area contributed by atoms with Gasteiger partial charge in [-0.2, -0.15) is 0 Å². The van der Waals surface area contributed by atoms with Crippen LogP contribution in [0.3, 0.4) is 0 Å². The normalized spacial score (nSPS) is 10.5. The van der Waals surface area contributed by atoms with Gasteiger partial charge in [0.2, 0.25) is 0 Å². The van der Waals surface area contributed by atoms with Gasteiger partial charge in [-0.05, 0) is 6.92 Å². The quantitative estimate of drug-likeness (QED) is 0.782. The van der Waals surface area contributed by atoms with E-state index in [2.05, 4.69) is 15.0 Å². The molecule has 0 aliphatic carbocycles. The molecule has 2 aromatic heterocycles. The summed E-state index contributed by atoms with van der Waals surface area (Å²) in [5, 5.41) is 0.0197. The molecular weight excluding hydrogens is 244 g/mol. The second-order valence-corrected chi connectivity index (χ2v) is 3.90. The molecule has 2 heterocycles. The summed E-state index contributed by atoms with van der Waals surface area (Å²) in [5.74, 6) is 0. The highest BCUT2D eigenvalue weighted by molar-refractivity contribution is 6.29. The lowest BCUT2D eigenvalue weighted by molar-refractivity contribution is 0.681. The zero-order valence-electron chi connectivity index (χ0n) is 8.98. The molecule has 0 unspecified atom stereocenters. The number of aryl methyl sites for hydroxylation is 1. The molecule has 2 aromatic rings. The Bertz CT molecular complexity index is 613. The van der Waals surface area contributed by atoms with Gasteiger partial charge in [-0.15, -0.1) is 0 Å². The van der Waals surface area contributed by atoms with Crippen molar-refractivity contribution in [3.8, 4) is 0 Å². The average Bonchev–Trinajstić information content (AvgIpc) is 2.26. The highest BCUT2D eigenvalue weighted by Crippen LogP contribution is 1.97. The van der Waals surface area contributed by atoms with E-state index in [-0.39, 0.29) is 11.7 Å².